The summed E-state index contributed by atoms with van der Waals surface area (Å²) in [5.41, 5.74) is 10.9. The minimum atomic E-state index is -0.361. The first kappa shape index (κ1) is 31.4. The smallest absolute Gasteiger partial charge is 0.345 e. The Morgan fingerprint density at radius 3 is 1.29 bits per heavy atom. The van der Waals surface area contributed by atoms with E-state index < -0.39 is 0 Å². The second-order valence-corrected chi connectivity index (χ2v) is 12.7. The maximum absolute atomic E-state index is 13.7. The highest BCUT2D eigenvalue weighted by molar-refractivity contribution is 6.09. The Bertz CT molecular complexity index is 2340. The van der Waals surface area contributed by atoms with E-state index in [4.69, 9.17) is 8.83 Å². The summed E-state index contributed by atoms with van der Waals surface area (Å²) in [4.78, 5) is 31.8. The lowest BCUT2D eigenvalue weighted by molar-refractivity contribution is 0.561. The lowest BCUT2D eigenvalue weighted by atomic mass is 10.0. The normalized spacial score (nSPS) is 11.9. The van der Waals surface area contributed by atoms with Crippen molar-refractivity contribution in [3.05, 3.63) is 80.5 Å². The Hall–Kier alpha value is -5.18. The molecule has 0 N–H and O–H groups in total. The molecular weight excluding hydrogens is 602 g/mol. The fourth-order valence-electron chi connectivity index (χ4n) is 7.71. The zero-order valence-electron chi connectivity index (χ0n) is 29.3. The second kappa shape index (κ2) is 11.5. The maximum atomic E-state index is 13.7. The number of nitrogens with zero attached hydrogens (tertiary/aromatic N) is 5. The fraction of sp³-hybridized carbons (Fsp3) is 0.333. The number of aromatic nitrogens is 3. The average molecular weight is 646 g/mol. The van der Waals surface area contributed by atoms with E-state index in [2.05, 4.69) is 87.6 Å². The highest BCUT2D eigenvalue weighted by Gasteiger charge is 2.26. The third-order valence-corrected chi connectivity index (χ3v) is 10.4. The molecular formula is C39H43N5O4. The van der Waals surface area contributed by atoms with Crippen LogP contribution in [0.1, 0.15) is 38.8 Å². The summed E-state index contributed by atoms with van der Waals surface area (Å²) in [6.07, 6.45) is 0. The number of hydrogen-bond donors (Lipinski definition) is 0. The van der Waals surface area contributed by atoms with E-state index >= 15 is 0 Å². The van der Waals surface area contributed by atoms with Gasteiger partial charge in [0, 0.05) is 81.6 Å². The zero-order chi connectivity index (χ0) is 34.2. The number of aryl methyl sites for hydroxylation is 5. The van der Waals surface area contributed by atoms with Crippen LogP contribution in [0.15, 0.2) is 67.0 Å². The Balaban J connectivity index is 1.39. The molecule has 5 heterocycles. The first-order valence-corrected chi connectivity index (χ1v) is 16.8. The van der Waals surface area contributed by atoms with Crippen LogP contribution >= 0.6 is 0 Å². The summed E-state index contributed by atoms with van der Waals surface area (Å²) >= 11 is 0. The van der Waals surface area contributed by atoms with Gasteiger partial charge in [-0.15, -0.1) is 0 Å². The van der Waals surface area contributed by atoms with Crippen molar-refractivity contribution in [1.82, 2.24) is 13.7 Å². The van der Waals surface area contributed by atoms with Crippen molar-refractivity contribution in [2.24, 2.45) is 21.1 Å². The fourth-order valence-corrected chi connectivity index (χ4v) is 7.71. The van der Waals surface area contributed by atoms with Crippen LogP contribution in [0.5, 0.6) is 0 Å². The molecule has 5 aromatic heterocycles. The van der Waals surface area contributed by atoms with Crippen LogP contribution in [-0.2, 0) is 21.1 Å². The molecule has 0 aliphatic heterocycles. The van der Waals surface area contributed by atoms with Gasteiger partial charge in [0.2, 0.25) is 0 Å². The summed E-state index contributed by atoms with van der Waals surface area (Å²) in [5, 5.41) is 1.83. The summed E-state index contributed by atoms with van der Waals surface area (Å²) in [7, 11) is 5.99. The van der Waals surface area contributed by atoms with Gasteiger partial charge in [-0.05, 0) is 89.1 Å². The molecule has 0 aliphatic carbocycles. The molecule has 48 heavy (non-hydrogen) atoms. The van der Waals surface area contributed by atoms with Gasteiger partial charge < -0.3 is 32.3 Å². The second-order valence-electron chi connectivity index (χ2n) is 12.7. The first-order chi connectivity index (χ1) is 23.0. The average Bonchev–Trinajstić information content (AvgIpc) is 3.66. The first-order valence-electron chi connectivity index (χ1n) is 16.8. The van der Waals surface area contributed by atoms with Gasteiger partial charge in [-0.1, -0.05) is 0 Å². The van der Waals surface area contributed by atoms with Gasteiger partial charge in [-0.25, -0.2) is 9.59 Å². The van der Waals surface area contributed by atoms with Crippen LogP contribution in [0.4, 0.5) is 11.4 Å². The number of rotatable bonds is 8. The molecule has 2 aromatic carbocycles. The van der Waals surface area contributed by atoms with E-state index in [0.29, 0.717) is 22.3 Å². The molecule has 0 saturated carbocycles. The topological polar surface area (TPSA) is 81.7 Å². The summed E-state index contributed by atoms with van der Waals surface area (Å²) < 4.78 is 18.2. The van der Waals surface area contributed by atoms with E-state index in [0.717, 1.165) is 92.9 Å². The predicted molar refractivity (Wildman–Crippen MR) is 198 cm³/mol. The zero-order valence-corrected chi connectivity index (χ0v) is 29.3. The molecule has 0 aliphatic rings. The Morgan fingerprint density at radius 2 is 0.938 bits per heavy atom. The van der Waals surface area contributed by atoms with Gasteiger partial charge >= 0.3 is 11.3 Å². The summed E-state index contributed by atoms with van der Waals surface area (Å²) in [6.45, 7) is 15.9. The molecule has 0 radical (unpaired) electrons. The minimum absolute atomic E-state index is 0.361. The van der Waals surface area contributed by atoms with Gasteiger partial charge in [-0.2, -0.15) is 0 Å². The molecule has 0 bridgehead atoms. The van der Waals surface area contributed by atoms with Crippen LogP contribution in [0.2, 0.25) is 0 Å². The van der Waals surface area contributed by atoms with E-state index in [1.165, 1.54) is 0 Å². The van der Waals surface area contributed by atoms with Gasteiger partial charge in [0.15, 0.2) is 0 Å². The van der Waals surface area contributed by atoms with Crippen molar-refractivity contribution in [1.29, 1.82) is 0 Å². The van der Waals surface area contributed by atoms with Crippen molar-refractivity contribution in [3.8, 4) is 22.5 Å². The van der Waals surface area contributed by atoms with Gasteiger partial charge in [-0.3, -0.25) is 0 Å². The number of benzene rings is 2. The molecule has 0 spiro atoms. The summed E-state index contributed by atoms with van der Waals surface area (Å²) in [6, 6.07) is 16.4. The largest absolute Gasteiger partial charge is 0.422 e. The molecule has 9 nitrogen and oxygen atoms in total. The summed E-state index contributed by atoms with van der Waals surface area (Å²) in [5.74, 6) is 0. The Kier molecular flexibility index (Phi) is 7.53. The lowest BCUT2D eigenvalue weighted by Crippen LogP contribution is -2.21. The van der Waals surface area contributed by atoms with Crippen molar-refractivity contribution in [2.75, 3.05) is 36.0 Å². The Morgan fingerprint density at radius 1 is 0.562 bits per heavy atom. The van der Waals surface area contributed by atoms with Crippen LogP contribution in [0.25, 0.3) is 66.5 Å². The van der Waals surface area contributed by atoms with Crippen LogP contribution in [-0.4, -0.2) is 39.9 Å². The SMILES string of the molecule is CCN(CC)c1ccc2c(C)c(-c3cc4c(c5c(cc(-c6c(C)c7ccc(N(CC)CC)cc7oc6=O)n5C)n4C)n3C)c(=O)oc2c1. The van der Waals surface area contributed by atoms with Crippen molar-refractivity contribution in [3.63, 3.8) is 0 Å². The van der Waals surface area contributed by atoms with Crippen LogP contribution in [0.3, 0.4) is 0 Å². The van der Waals surface area contributed by atoms with Crippen LogP contribution in [0, 0.1) is 13.8 Å². The van der Waals surface area contributed by atoms with E-state index in [1.807, 2.05) is 47.1 Å². The van der Waals surface area contributed by atoms with Gasteiger partial charge in [0.05, 0.1) is 44.6 Å². The van der Waals surface area contributed by atoms with Gasteiger partial charge in [0.1, 0.15) is 11.2 Å². The molecule has 9 heteroatoms. The molecule has 248 valence electrons. The third kappa shape index (κ3) is 4.43. The van der Waals surface area contributed by atoms with Gasteiger partial charge in [0.25, 0.3) is 0 Å². The quantitative estimate of drug-likeness (QED) is 0.157. The Labute approximate surface area is 279 Å². The van der Waals surface area contributed by atoms with Crippen molar-refractivity contribution >= 4 is 55.4 Å². The molecule has 0 atom stereocenters. The molecule has 7 aromatic rings. The van der Waals surface area contributed by atoms with E-state index in [-0.39, 0.29) is 11.3 Å². The molecule has 0 amide bonds. The molecule has 0 saturated heterocycles. The number of fused-ring (bicyclic) bond motifs is 5. The lowest BCUT2D eigenvalue weighted by Gasteiger charge is -2.21. The van der Waals surface area contributed by atoms with Crippen molar-refractivity contribution < 1.29 is 8.83 Å². The molecule has 0 fully saturated rings. The third-order valence-electron chi connectivity index (χ3n) is 10.4. The maximum Gasteiger partial charge on any atom is 0.345 e. The molecule has 0 unspecified atom stereocenters. The molecule has 7 rings (SSSR count). The highest BCUT2D eigenvalue weighted by atomic mass is 16.4. The van der Waals surface area contributed by atoms with E-state index in [9.17, 15) is 9.59 Å². The number of anilines is 2. The number of hydrogen-bond acceptors (Lipinski definition) is 6. The monoisotopic (exact) mass is 645 g/mol. The van der Waals surface area contributed by atoms with E-state index in [1.54, 1.807) is 0 Å². The highest BCUT2D eigenvalue weighted by Crippen LogP contribution is 2.40. The van der Waals surface area contributed by atoms with Crippen LogP contribution < -0.4 is 21.1 Å². The predicted octanol–water partition coefficient (Wildman–Crippen LogP) is 7.86. The minimum Gasteiger partial charge on any atom is -0.422 e. The van der Waals surface area contributed by atoms with Crippen molar-refractivity contribution in [2.45, 2.75) is 41.5 Å². The standard InChI is InChI=1S/C39H43N5O4/c1-10-43(11-2)24-14-16-26-22(5)34(38(45)47-32(26)18-24)28-20-30-36(41(28)8)37-31(40(30)7)21-29(42(37)9)35-23(6)27-17-15-25(44(12-3)13-4)19-33(27)48-39(35)46/h14-21H,10-13H2,1-9H3.